The largest absolute Gasteiger partial charge is 0.481 e. The molecular formula is C20H29N7O10. The van der Waals surface area contributed by atoms with Gasteiger partial charge in [-0.1, -0.05) is 0 Å². The fraction of sp³-hybridized carbons (Fsp3) is 0.500. The summed E-state index contributed by atoms with van der Waals surface area (Å²) in [6.45, 7) is 0. The fourth-order valence-corrected chi connectivity index (χ4v) is 3.00. The second-order valence-electron chi connectivity index (χ2n) is 7.94. The van der Waals surface area contributed by atoms with Crippen molar-refractivity contribution in [3.63, 3.8) is 0 Å². The van der Waals surface area contributed by atoms with Gasteiger partial charge in [0.1, 0.15) is 18.1 Å². The molecule has 1 aromatic heterocycles. The first kappa shape index (κ1) is 30.5. The van der Waals surface area contributed by atoms with Crippen LogP contribution in [0.25, 0.3) is 0 Å². The van der Waals surface area contributed by atoms with E-state index in [1.807, 2.05) is 0 Å². The van der Waals surface area contributed by atoms with Gasteiger partial charge in [0.15, 0.2) is 0 Å². The lowest BCUT2D eigenvalue weighted by Crippen LogP contribution is -2.58. The van der Waals surface area contributed by atoms with E-state index in [4.69, 9.17) is 21.7 Å². The van der Waals surface area contributed by atoms with Gasteiger partial charge in [-0.2, -0.15) is 0 Å². The van der Waals surface area contributed by atoms with Crippen LogP contribution in [0.4, 0.5) is 0 Å². The van der Waals surface area contributed by atoms with Gasteiger partial charge in [0.2, 0.25) is 23.6 Å². The monoisotopic (exact) mass is 527 g/mol. The first-order valence-electron chi connectivity index (χ1n) is 10.9. The fourth-order valence-electron chi connectivity index (χ4n) is 3.00. The van der Waals surface area contributed by atoms with Crippen LogP contribution < -0.4 is 27.4 Å². The molecule has 37 heavy (non-hydrogen) atoms. The van der Waals surface area contributed by atoms with Crippen molar-refractivity contribution in [2.75, 3.05) is 0 Å². The van der Waals surface area contributed by atoms with Gasteiger partial charge in [-0.05, 0) is 12.8 Å². The predicted octanol–water partition coefficient (Wildman–Crippen LogP) is -3.58. The number of nitrogens with zero attached hydrogens (tertiary/aromatic N) is 1. The molecule has 1 heterocycles. The molecule has 0 spiro atoms. The third-order valence-corrected chi connectivity index (χ3v) is 4.92. The van der Waals surface area contributed by atoms with E-state index in [1.54, 1.807) is 0 Å². The summed E-state index contributed by atoms with van der Waals surface area (Å²) in [5.74, 6) is -8.08. The summed E-state index contributed by atoms with van der Waals surface area (Å²) in [7, 11) is 0. The molecule has 0 aliphatic rings. The number of rotatable bonds is 17. The zero-order chi connectivity index (χ0) is 28.1. The Morgan fingerprint density at radius 2 is 1.38 bits per heavy atom. The molecule has 0 aliphatic carbocycles. The van der Waals surface area contributed by atoms with Crippen molar-refractivity contribution < 1.29 is 48.9 Å². The van der Waals surface area contributed by atoms with Crippen LogP contribution in [0.5, 0.6) is 0 Å². The Kier molecular flexibility index (Phi) is 12.2. The molecule has 0 aliphatic heterocycles. The summed E-state index contributed by atoms with van der Waals surface area (Å²) < 4.78 is 0. The highest BCUT2D eigenvalue weighted by atomic mass is 16.4. The Balaban J connectivity index is 3.00. The summed E-state index contributed by atoms with van der Waals surface area (Å²) in [6.07, 6.45) is -0.0526. The molecule has 11 N–H and O–H groups in total. The molecular weight excluding hydrogens is 498 g/mol. The number of nitrogens with two attached hydrogens (primary N) is 2. The summed E-state index contributed by atoms with van der Waals surface area (Å²) in [5.41, 5.74) is 11.1. The third kappa shape index (κ3) is 11.6. The molecule has 0 radical (unpaired) electrons. The minimum Gasteiger partial charge on any atom is -0.481 e. The first-order chi connectivity index (χ1) is 17.3. The minimum absolute atomic E-state index is 0.205. The second-order valence-corrected chi connectivity index (χ2v) is 7.94. The van der Waals surface area contributed by atoms with Crippen LogP contribution in [0.3, 0.4) is 0 Å². The molecule has 0 saturated carbocycles. The van der Waals surface area contributed by atoms with E-state index in [0.717, 1.165) is 0 Å². The van der Waals surface area contributed by atoms with E-state index < -0.39 is 91.4 Å². The van der Waals surface area contributed by atoms with Crippen molar-refractivity contribution in [3.8, 4) is 0 Å². The van der Waals surface area contributed by atoms with Gasteiger partial charge in [0.25, 0.3) is 0 Å². The van der Waals surface area contributed by atoms with Crippen LogP contribution in [0.15, 0.2) is 12.5 Å². The highest BCUT2D eigenvalue weighted by Gasteiger charge is 2.31. The number of H-pyrrole nitrogens is 1. The number of aliphatic carboxylic acids is 3. The van der Waals surface area contributed by atoms with Crippen LogP contribution in [-0.2, 0) is 40.0 Å². The number of hydrogen-bond acceptors (Lipinski definition) is 9. The van der Waals surface area contributed by atoms with E-state index in [0.29, 0.717) is 5.69 Å². The minimum atomic E-state index is -1.67. The Morgan fingerprint density at radius 1 is 0.838 bits per heavy atom. The van der Waals surface area contributed by atoms with E-state index in [2.05, 4.69) is 25.9 Å². The molecule has 4 amide bonds. The lowest BCUT2D eigenvalue weighted by molar-refractivity contribution is -0.142. The molecule has 0 bridgehead atoms. The second kappa shape index (κ2) is 14.8. The molecule has 17 nitrogen and oxygen atoms in total. The van der Waals surface area contributed by atoms with Crippen LogP contribution in [-0.4, -0.2) is 91.0 Å². The van der Waals surface area contributed by atoms with Crippen LogP contribution in [0.2, 0.25) is 0 Å². The number of carboxylic acids is 3. The molecule has 4 atom stereocenters. The average Bonchev–Trinajstić information content (AvgIpc) is 3.31. The van der Waals surface area contributed by atoms with Crippen molar-refractivity contribution in [2.45, 2.75) is 62.7 Å². The van der Waals surface area contributed by atoms with Gasteiger partial charge in [-0.25, -0.2) is 9.78 Å². The van der Waals surface area contributed by atoms with Gasteiger partial charge < -0.3 is 47.7 Å². The van der Waals surface area contributed by atoms with Crippen molar-refractivity contribution in [3.05, 3.63) is 18.2 Å². The van der Waals surface area contributed by atoms with Gasteiger partial charge in [0.05, 0.1) is 18.8 Å². The summed E-state index contributed by atoms with van der Waals surface area (Å²) in [6, 6.07) is -6.02. The summed E-state index contributed by atoms with van der Waals surface area (Å²) in [5, 5.41) is 33.6. The smallest absolute Gasteiger partial charge is 0.326 e. The highest BCUT2D eigenvalue weighted by Crippen LogP contribution is 2.05. The molecule has 0 fully saturated rings. The maximum Gasteiger partial charge on any atom is 0.326 e. The van der Waals surface area contributed by atoms with E-state index in [9.17, 15) is 38.7 Å². The van der Waals surface area contributed by atoms with E-state index in [-0.39, 0.29) is 12.8 Å². The van der Waals surface area contributed by atoms with Crippen molar-refractivity contribution in [2.24, 2.45) is 11.5 Å². The number of carboxylic acid groups (broad SMARTS) is 3. The number of nitrogens with one attached hydrogen (secondary N) is 4. The maximum absolute atomic E-state index is 12.8. The molecule has 0 aromatic carbocycles. The Hall–Kier alpha value is -4.54. The number of imidazole rings is 1. The van der Waals surface area contributed by atoms with Crippen molar-refractivity contribution in [1.82, 2.24) is 25.9 Å². The molecule has 1 rings (SSSR count). The normalized spacial score (nSPS) is 13.9. The SMILES string of the molecule is NC(=O)CC(NC(=O)C(CCC(=O)O)NC(=O)C(N)CCC(=O)O)C(=O)NC(Cc1cnc[nH]1)C(=O)O. The first-order valence-corrected chi connectivity index (χ1v) is 10.9. The van der Waals surface area contributed by atoms with Crippen LogP contribution >= 0.6 is 0 Å². The van der Waals surface area contributed by atoms with Gasteiger partial charge in [-0.15, -0.1) is 0 Å². The maximum atomic E-state index is 12.8. The van der Waals surface area contributed by atoms with Crippen LogP contribution in [0, 0.1) is 0 Å². The summed E-state index contributed by atoms with van der Waals surface area (Å²) in [4.78, 5) is 89.1. The van der Waals surface area contributed by atoms with Crippen molar-refractivity contribution in [1.29, 1.82) is 0 Å². The summed E-state index contributed by atoms with van der Waals surface area (Å²) >= 11 is 0. The number of carbonyl (C=O) groups is 7. The topological polar surface area (TPSA) is 297 Å². The highest BCUT2D eigenvalue weighted by molar-refractivity contribution is 5.96. The lowest BCUT2D eigenvalue weighted by atomic mass is 10.1. The van der Waals surface area contributed by atoms with Gasteiger partial charge in [-0.3, -0.25) is 28.8 Å². The predicted molar refractivity (Wildman–Crippen MR) is 121 cm³/mol. The van der Waals surface area contributed by atoms with E-state index >= 15 is 0 Å². The zero-order valence-electron chi connectivity index (χ0n) is 19.5. The van der Waals surface area contributed by atoms with E-state index in [1.165, 1.54) is 12.5 Å². The average molecular weight is 527 g/mol. The number of hydrogen-bond donors (Lipinski definition) is 9. The Morgan fingerprint density at radius 3 is 1.89 bits per heavy atom. The van der Waals surface area contributed by atoms with Crippen molar-refractivity contribution >= 4 is 41.5 Å². The Bertz CT molecular complexity index is 998. The number of aromatic nitrogens is 2. The zero-order valence-corrected chi connectivity index (χ0v) is 19.5. The standard InChI is InChI=1S/C20H29N7O10/c21-10(1-3-15(29)30)17(33)25-11(2-4-16(31)32)18(34)26-12(6-14(22)28)19(35)27-13(20(36)37)5-9-7-23-8-24-9/h7-8,10-13H,1-6,21H2,(H2,22,28)(H,23,24)(H,25,33)(H,26,34)(H,27,35)(H,29,30)(H,31,32)(H,36,37). The van der Waals surface area contributed by atoms with Gasteiger partial charge >= 0.3 is 17.9 Å². The molecule has 17 heteroatoms. The molecule has 0 saturated heterocycles. The number of aromatic amines is 1. The number of carbonyl (C=O) groups excluding carboxylic acids is 4. The number of primary amides is 1. The lowest BCUT2D eigenvalue weighted by Gasteiger charge is -2.24. The number of amides is 4. The molecule has 204 valence electrons. The third-order valence-electron chi connectivity index (χ3n) is 4.92. The Labute approximate surface area is 209 Å². The quantitative estimate of drug-likeness (QED) is 0.0950. The van der Waals surface area contributed by atoms with Gasteiger partial charge in [0, 0.05) is 31.2 Å². The molecule has 1 aromatic rings. The molecule has 4 unspecified atom stereocenters. The van der Waals surface area contributed by atoms with Crippen LogP contribution in [0.1, 0.15) is 37.8 Å².